The Morgan fingerprint density at radius 3 is 2.77 bits per heavy atom. The van der Waals surface area contributed by atoms with Crippen LogP contribution in [0.1, 0.15) is 24.9 Å². The minimum absolute atomic E-state index is 0.00794. The second-order valence-electron chi connectivity index (χ2n) is 5.34. The predicted octanol–water partition coefficient (Wildman–Crippen LogP) is 2.78. The maximum absolute atomic E-state index is 12.9. The second-order valence-corrected chi connectivity index (χ2v) is 6.57. The van der Waals surface area contributed by atoms with Gasteiger partial charge in [-0.1, -0.05) is 0 Å². The van der Waals surface area contributed by atoms with E-state index in [0.29, 0.717) is 11.5 Å². The van der Waals surface area contributed by atoms with Gasteiger partial charge >= 0.3 is 6.18 Å². The molecule has 0 aromatic carbocycles. The smallest absolute Gasteiger partial charge is 0.353 e. The summed E-state index contributed by atoms with van der Waals surface area (Å²) in [6.45, 7) is 4.60. The summed E-state index contributed by atoms with van der Waals surface area (Å²) in [7, 11) is 0. The maximum Gasteiger partial charge on any atom is 0.453 e. The maximum atomic E-state index is 12.9. The zero-order valence-electron chi connectivity index (χ0n) is 12.3. The molecule has 0 aliphatic carbocycles. The number of thioether (sulfide) groups is 1. The fraction of sp³-hybridized carbons (Fsp3) is 0.615. The molecule has 1 saturated heterocycles. The molecule has 2 aromatic heterocycles. The van der Waals surface area contributed by atoms with Gasteiger partial charge in [0.2, 0.25) is 0 Å². The number of alkyl halides is 3. The van der Waals surface area contributed by atoms with Crippen molar-refractivity contribution in [3.8, 4) is 0 Å². The van der Waals surface area contributed by atoms with Gasteiger partial charge in [0.25, 0.3) is 11.6 Å². The van der Waals surface area contributed by atoms with Gasteiger partial charge in [-0.05, 0) is 26.0 Å². The Kier molecular flexibility index (Phi) is 3.92. The first-order chi connectivity index (χ1) is 10.4. The van der Waals surface area contributed by atoms with Crippen molar-refractivity contribution < 1.29 is 13.2 Å². The Hall–Kier alpha value is -1.51. The zero-order valence-corrected chi connectivity index (χ0v) is 13.1. The molecule has 2 aromatic rings. The van der Waals surface area contributed by atoms with Gasteiger partial charge in [-0.3, -0.25) is 0 Å². The molecule has 3 heterocycles. The van der Waals surface area contributed by atoms with Crippen LogP contribution in [0.25, 0.3) is 5.78 Å². The predicted molar refractivity (Wildman–Crippen MR) is 79.3 cm³/mol. The summed E-state index contributed by atoms with van der Waals surface area (Å²) in [4.78, 5) is 9.70. The third kappa shape index (κ3) is 2.86. The normalized spacial score (nSPS) is 20.4. The monoisotopic (exact) mass is 331 g/mol. The van der Waals surface area contributed by atoms with E-state index < -0.39 is 12.0 Å². The van der Waals surface area contributed by atoms with Gasteiger partial charge in [-0.15, -0.1) is 5.10 Å². The highest BCUT2D eigenvalue weighted by Gasteiger charge is 2.37. The molecule has 0 radical (unpaired) electrons. The molecule has 1 unspecified atom stereocenters. The van der Waals surface area contributed by atoms with Gasteiger partial charge in [0.15, 0.2) is 0 Å². The van der Waals surface area contributed by atoms with E-state index in [1.165, 1.54) is 4.52 Å². The third-order valence-electron chi connectivity index (χ3n) is 3.66. The Labute approximate surface area is 129 Å². The van der Waals surface area contributed by atoms with Crippen molar-refractivity contribution in [1.82, 2.24) is 19.6 Å². The molecule has 5 nitrogen and oxygen atoms in total. The van der Waals surface area contributed by atoms with Crippen molar-refractivity contribution >= 4 is 23.4 Å². The van der Waals surface area contributed by atoms with Crippen molar-refractivity contribution in [2.45, 2.75) is 32.5 Å². The Morgan fingerprint density at radius 2 is 2.05 bits per heavy atom. The minimum Gasteiger partial charge on any atom is -0.353 e. The second kappa shape index (κ2) is 5.60. The van der Waals surface area contributed by atoms with Crippen molar-refractivity contribution in [2.24, 2.45) is 0 Å². The molecule has 22 heavy (non-hydrogen) atoms. The van der Waals surface area contributed by atoms with Crippen LogP contribution in [0.5, 0.6) is 0 Å². The Bertz CT molecular complexity index is 684. The highest BCUT2D eigenvalue weighted by atomic mass is 32.2. The lowest BCUT2D eigenvalue weighted by molar-refractivity contribution is -0.144. The average molecular weight is 331 g/mol. The molecule has 3 rings (SSSR count). The van der Waals surface area contributed by atoms with E-state index in [1.54, 1.807) is 13.0 Å². The molecular weight excluding hydrogens is 315 g/mol. The lowest BCUT2D eigenvalue weighted by Crippen LogP contribution is -2.35. The average Bonchev–Trinajstić information content (AvgIpc) is 2.74. The van der Waals surface area contributed by atoms with Crippen molar-refractivity contribution in [2.75, 3.05) is 23.0 Å². The SMILES string of the molecule is Cc1cc(N2CCSCCC2C)n2nc(C(F)(F)F)nc2n1. The Morgan fingerprint density at radius 1 is 1.27 bits per heavy atom. The topological polar surface area (TPSA) is 46.3 Å². The lowest BCUT2D eigenvalue weighted by atomic mass is 10.2. The molecule has 1 aliphatic rings. The number of hydrogen-bond donors (Lipinski definition) is 0. The number of hydrogen-bond acceptors (Lipinski definition) is 5. The van der Waals surface area contributed by atoms with Gasteiger partial charge in [0.1, 0.15) is 5.82 Å². The van der Waals surface area contributed by atoms with Crippen LogP contribution in [-0.2, 0) is 6.18 Å². The van der Waals surface area contributed by atoms with E-state index in [0.717, 1.165) is 24.5 Å². The van der Waals surface area contributed by atoms with E-state index >= 15 is 0 Å². The summed E-state index contributed by atoms with van der Waals surface area (Å²) in [5.74, 6) is 1.46. The molecule has 0 N–H and O–H groups in total. The van der Waals surface area contributed by atoms with Gasteiger partial charge in [0, 0.05) is 30.1 Å². The number of nitrogens with zero attached hydrogens (tertiary/aromatic N) is 5. The first kappa shape index (κ1) is 15.4. The number of fused-ring (bicyclic) bond motifs is 1. The Balaban J connectivity index is 2.13. The summed E-state index contributed by atoms with van der Waals surface area (Å²) in [5.41, 5.74) is 0.632. The first-order valence-corrected chi connectivity index (χ1v) is 8.18. The number of rotatable bonds is 1. The summed E-state index contributed by atoms with van der Waals surface area (Å²) in [6.07, 6.45) is -3.59. The molecule has 0 saturated carbocycles. The van der Waals surface area contributed by atoms with E-state index in [9.17, 15) is 13.2 Å². The fourth-order valence-corrected chi connectivity index (χ4v) is 3.57. The molecule has 0 amide bonds. The van der Waals surface area contributed by atoms with Crippen LogP contribution in [-0.4, -0.2) is 43.7 Å². The summed E-state index contributed by atoms with van der Waals surface area (Å²) in [5, 5.41) is 3.63. The van der Waals surface area contributed by atoms with E-state index in [4.69, 9.17) is 0 Å². The van der Waals surface area contributed by atoms with Crippen LogP contribution in [0.3, 0.4) is 0 Å². The minimum atomic E-state index is -4.57. The van der Waals surface area contributed by atoms with E-state index in [1.807, 2.05) is 11.8 Å². The molecular formula is C13H16F3N5S. The van der Waals surface area contributed by atoms with E-state index in [-0.39, 0.29) is 11.8 Å². The summed E-state index contributed by atoms with van der Waals surface area (Å²) < 4.78 is 39.8. The van der Waals surface area contributed by atoms with Crippen LogP contribution in [0, 0.1) is 6.92 Å². The number of anilines is 1. The third-order valence-corrected chi connectivity index (χ3v) is 4.65. The molecule has 1 fully saturated rings. The molecule has 0 bridgehead atoms. The van der Waals surface area contributed by atoms with Gasteiger partial charge in [-0.25, -0.2) is 4.98 Å². The molecule has 9 heteroatoms. The van der Waals surface area contributed by atoms with Crippen LogP contribution in [0.2, 0.25) is 0 Å². The number of halogens is 3. The quantitative estimate of drug-likeness (QED) is 0.804. The van der Waals surface area contributed by atoms with Gasteiger partial charge in [-0.2, -0.15) is 34.4 Å². The van der Waals surface area contributed by atoms with Crippen LogP contribution in [0.4, 0.5) is 19.0 Å². The number of aryl methyl sites for hydroxylation is 1. The zero-order chi connectivity index (χ0) is 15.9. The summed E-state index contributed by atoms with van der Waals surface area (Å²) in [6, 6.07) is 2.01. The van der Waals surface area contributed by atoms with Crippen LogP contribution >= 0.6 is 11.8 Å². The van der Waals surface area contributed by atoms with Crippen molar-refractivity contribution in [3.05, 3.63) is 17.6 Å². The molecule has 1 aliphatic heterocycles. The summed E-state index contributed by atoms with van der Waals surface area (Å²) >= 11 is 1.85. The number of aromatic nitrogens is 4. The van der Waals surface area contributed by atoms with Crippen LogP contribution in [0.15, 0.2) is 6.07 Å². The lowest BCUT2D eigenvalue weighted by Gasteiger charge is -2.29. The molecule has 0 spiro atoms. The highest BCUT2D eigenvalue weighted by Crippen LogP contribution is 2.29. The standard InChI is InChI=1S/C13H16F3N5S/c1-8-7-10(20-4-6-22-5-3-9(20)2)21-12(17-8)18-11(19-21)13(14,15)16/h7,9H,3-6H2,1-2H3. The van der Waals surface area contributed by atoms with E-state index in [2.05, 4.69) is 26.9 Å². The highest BCUT2D eigenvalue weighted by molar-refractivity contribution is 7.99. The fourth-order valence-electron chi connectivity index (χ4n) is 2.53. The largest absolute Gasteiger partial charge is 0.453 e. The molecule has 120 valence electrons. The molecule has 1 atom stereocenters. The van der Waals surface area contributed by atoms with Crippen LogP contribution < -0.4 is 4.90 Å². The first-order valence-electron chi connectivity index (χ1n) is 7.02. The van der Waals surface area contributed by atoms with Crippen molar-refractivity contribution in [1.29, 1.82) is 0 Å². The van der Waals surface area contributed by atoms with Gasteiger partial charge in [0.05, 0.1) is 0 Å². The van der Waals surface area contributed by atoms with Crippen molar-refractivity contribution in [3.63, 3.8) is 0 Å². The van der Waals surface area contributed by atoms with Gasteiger partial charge < -0.3 is 4.90 Å².